The van der Waals surface area contributed by atoms with Gasteiger partial charge in [0.2, 0.25) is 0 Å². The molecular formula is C10H13NS. The number of nitrogens with zero attached hydrogens (tertiary/aromatic N) is 1. The monoisotopic (exact) mass is 179 g/mol. The van der Waals surface area contributed by atoms with Crippen LogP contribution in [0, 0.1) is 0 Å². The van der Waals surface area contributed by atoms with Crippen LogP contribution in [0.1, 0.15) is 13.8 Å². The minimum absolute atomic E-state index is 1.04. The molecule has 0 heterocycles. The van der Waals surface area contributed by atoms with Gasteiger partial charge in [0.25, 0.3) is 0 Å². The molecule has 64 valence electrons. The lowest BCUT2D eigenvalue weighted by atomic mass is 10.3. The Labute approximate surface area is 77.9 Å². The molecule has 1 rings (SSSR count). The predicted octanol–water partition coefficient (Wildman–Crippen LogP) is 3.49. The van der Waals surface area contributed by atoms with E-state index in [9.17, 15) is 0 Å². The molecule has 0 amide bonds. The molecule has 0 N–H and O–H groups in total. The molecule has 0 aromatic heterocycles. The van der Waals surface area contributed by atoms with Gasteiger partial charge in [0.05, 0.1) is 10.7 Å². The van der Waals surface area contributed by atoms with Gasteiger partial charge in [0.1, 0.15) is 0 Å². The van der Waals surface area contributed by atoms with Crippen molar-refractivity contribution in [3.8, 4) is 0 Å². The molecule has 0 saturated carbocycles. The molecule has 1 aromatic carbocycles. The zero-order chi connectivity index (χ0) is 8.81. The summed E-state index contributed by atoms with van der Waals surface area (Å²) in [5.41, 5.74) is 1.04. The minimum atomic E-state index is 1.04. The fraction of sp³-hybridized carbons (Fsp3) is 0.300. The highest BCUT2D eigenvalue weighted by atomic mass is 32.2. The molecule has 0 aliphatic rings. The summed E-state index contributed by atoms with van der Waals surface area (Å²) in [4.78, 5) is 4.43. The number of rotatable bonds is 2. The second-order valence-corrected chi connectivity index (χ2v) is 3.86. The van der Waals surface area contributed by atoms with Gasteiger partial charge < -0.3 is 0 Å². The number of benzene rings is 1. The second kappa shape index (κ2) is 4.99. The SMILES string of the molecule is CCS/C(C)=N\c1ccccc1. The van der Waals surface area contributed by atoms with Crippen molar-refractivity contribution < 1.29 is 0 Å². The van der Waals surface area contributed by atoms with Crippen LogP contribution in [0.25, 0.3) is 0 Å². The number of aliphatic imine (C=N–C) groups is 1. The Bertz CT molecular complexity index is 254. The van der Waals surface area contributed by atoms with Crippen LogP contribution >= 0.6 is 11.8 Å². The third kappa shape index (κ3) is 3.09. The zero-order valence-electron chi connectivity index (χ0n) is 7.45. The molecule has 0 saturated heterocycles. The Morgan fingerprint density at radius 1 is 1.33 bits per heavy atom. The lowest BCUT2D eigenvalue weighted by Gasteiger charge is -1.96. The summed E-state index contributed by atoms with van der Waals surface area (Å²) in [6.45, 7) is 4.18. The van der Waals surface area contributed by atoms with Crippen molar-refractivity contribution in [3.05, 3.63) is 30.3 Å². The van der Waals surface area contributed by atoms with Crippen molar-refractivity contribution in [1.29, 1.82) is 0 Å². The highest BCUT2D eigenvalue weighted by molar-refractivity contribution is 8.13. The van der Waals surface area contributed by atoms with E-state index >= 15 is 0 Å². The third-order valence-electron chi connectivity index (χ3n) is 1.40. The first-order chi connectivity index (χ1) is 5.83. The number of hydrogen-bond acceptors (Lipinski definition) is 2. The van der Waals surface area contributed by atoms with Gasteiger partial charge in [-0.3, -0.25) is 0 Å². The summed E-state index contributed by atoms with van der Waals surface area (Å²) in [6.07, 6.45) is 0. The fourth-order valence-corrected chi connectivity index (χ4v) is 1.51. The van der Waals surface area contributed by atoms with Crippen molar-refractivity contribution in [2.75, 3.05) is 5.75 Å². The van der Waals surface area contributed by atoms with Crippen LogP contribution in [-0.4, -0.2) is 10.8 Å². The maximum absolute atomic E-state index is 4.43. The van der Waals surface area contributed by atoms with Gasteiger partial charge >= 0.3 is 0 Å². The smallest absolute Gasteiger partial charge is 0.0707 e. The summed E-state index contributed by atoms with van der Waals surface area (Å²) in [6, 6.07) is 10.0. The molecule has 2 heteroatoms. The fourth-order valence-electron chi connectivity index (χ4n) is 0.925. The van der Waals surface area contributed by atoms with Crippen molar-refractivity contribution >= 4 is 22.5 Å². The molecular weight excluding hydrogens is 166 g/mol. The van der Waals surface area contributed by atoms with Gasteiger partial charge in [-0.2, -0.15) is 0 Å². The van der Waals surface area contributed by atoms with Gasteiger partial charge in [0, 0.05) is 0 Å². The summed E-state index contributed by atoms with van der Waals surface area (Å²) >= 11 is 1.78. The van der Waals surface area contributed by atoms with Crippen molar-refractivity contribution in [3.63, 3.8) is 0 Å². The van der Waals surface area contributed by atoms with Crippen LogP contribution in [0.3, 0.4) is 0 Å². The van der Waals surface area contributed by atoms with E-state index in [-0.39, 0.29) is 0 Å². The summed E-state index contributed by atoms with van der Waals surface area (Å²) in [5, 5.41) is 1.13. The van der Waals surface area contributed by atoms with E-state index < -0.39 is 0 Å². The Hall–Kier alpha value is -0.760. The van der Waals surface area contributed by atoms with E-state index in [0.717, 1.165) is 16.5 Å². The molecule has 0 aliphatic heterocycles. The van der Waals surface area contributed by atoms with Crippen molar-refractivity contribution in [2.45, 2.75) is 13.8 Å². The summed E-state index contributed by atoms with van der Waals surface area (Å²) in [7, 11) is 0. The van der Waals surface area contributed by atoms with Gasteiger partial charge in [-0.15, -0.1) is 11.8 Å². The minimum Gasteiger partial charge on any atom is -0.247 e. The molecule has 0 unspecified atom stereocenters. The zero-order valence-corrected chi connectivity index (χ0v) is 8.27. The molecule has 0 aliphatic carbocycles. The summed E-state index contributed by atoms with van der Waals surface area (Å²) < 4.78 is 0. The van der Waals surface area contributed by atoms with E-state index in [1.165, 1.54) is 0 Å². The van der Waals surface area contributed by atoms with Gasteiger partial charge in [-0.25, -0.2) is 4.99 Å². The maximum atomic E-state index is 4.43. The van der Waals surface area contributed by atoms with E-state index in [4.69, 9.17) is 0 Å². The molecule has 12 heavy (non-hydrogen) atoms. The van der Waals surface area contributed by atoms with Crippen LogP contribution in [0.4, 0.5) is 5.69 Å². The standard InChI is InChI=1S/C10H13NS/c1-3-12-9(2)11-10-7-5-4-6-8-10/h4-8H,3H2,1-2H3/b11-9-. The quantitative estimate of drug-likeness (QED) is 0.500. The molecule has 0 radical (unpaired) electrons. The van der Waals surface area contributed by atoms with Crippen LogP contribution in [0.2, 0.25) is 0 Å². The number of thioether (sulfide) groups is 1. The Morgan fingerprint density at radius 3 is 2.58 bits per heavy atom. The lowest BCUT2D eigenvalue weighted by Crippen LogP contribution is -1.82. The first-order valence-electron chi connectivity index (χ1n) is 4.06. The third-order valence-corrected chi connectivity index (χ3v) is 2.19. The Morgan fingerprint density at radius 2 is 2.00 bits per heavy atom. The largest absolute Gasteiger partial charge is 0.247 e. The second-order valence-electron chi connectivity index (χ2n) is 2.40. The first-order valence-corrected chi connectivity index (χ1v) is 5.04. The van der Waals surface area contributed by atoms with Crippen LogP contribution in [0.15, 0.2) is 35.3 Å². The highest BCUT2D eigenvalue weighted by Gasteiger charge is 1.90. The molecule has 0 atom stereocenters. The molecule has 0 spiro atoms. The van der Waals surface area contributed by atoms with E-state index in [2.05, 4.69) is 11.9 Å². The van der Waals surface area contributed by atoms with Crippen molar-refractivity contribution in [1.82, 2.24) is 0 Å². The van der Waals surface area contributed by atoms with E-state index in [1.807, 2.05) is 37.3 Å². The topological polar surface area (TPSA) is 12.4 Å². The maximum Gasteiger partial charge on any atom is 0.0707 e. The van der Waals surface area contributed by atoms with Crippen LogP contribution in [0.5, 0.6) is 0 Å². The molecule has 1 aromatic rings. The van der Waals surface area contributed by atoms with E-state index in [1.54, 1.807) is 11.8 Å². The molecule has 1 nitrogen and oxygen atoms in total. The summed E-state index contributed by atoms with van der Waals surface area (Å²) in [5.74, 6) is 1.09. The van der Waals surface area contributed by atoms with Crippen LogP contribution < -0.4 is 0 Å². The highest BCUT2D eigenvalue weighted by Crippen LogP contribution is 2.13. The van der Waals surface area contributed by atoms with E-state index in [0.29, 0.717) is 0 Å². The predicted molar refractivity (Wildman–Crippen MR) is 57.3 cm³/mol. The first kappa shape index (κ1) is 9.33. The average molecular weight is 179 g/mol. The lowest BCUT2D eigenvalue weighted by molar-refractivity contribution is 1.51. The number of para-hydroxylation sites is 1. The van der Waals surface area contributed by atoms with Gasteiger partial charge in [0.15, 0.2) is 0 Å². The molecule has 0 bridgehead atoms. The Kier molecular flexibility index (Phi) is 3.88. The average Bonchev–Trinajstić information content (AvgIpc) is 2.06. The number of hydrogen-bond donors (Lipinski definition) is 0. The normalized spacial score (nSPS) is 11.7. The van der Waals surface area contributed by atoms with Crippen molar-refractivity contribution in [2.24, 2.45) is 4.99 Å². The van der Waals surface area contributed by atoms with Crippen LogP contribution in [-0.2, 0) is 0 Å². The van der Waals surface area contributed by atoms with Gasteiger partial charge in [-0.1, -0.05) is 25.1 Å². The molecule has 0 fully saturated rings. The Balaban J connectivity index is 2.67. The van der Waals surface area contributed by atoms with Gasteiger partial charge in [-0.05, 0) is 24.8 Å².